The van der Waals surface area contributed by atoms with E-state index in [1.165, 1.54) is 37.0 Å². The average molecular weight is 368 g/mol. The summed E-state index contributed by atoms with van der Waals surface area (Å²) in [4.78, 5) is 2.48. The predicted molar refractivity (Wildman–Crippen MR) is 101 cm³/mol. The van der Waals surface area contributed by atoms with Crippen LogP contribution in [-0.2, 0) is 13.6 Å². The maximum Gasteiger partial charge on any atom is 0.154 e. The van der Waals surface area contributed by atoms with Gasteiger partial charge in [0.25, 0.3) is 0 Å². The second kappa shape index (κ2) is 7.64. The third-order valence-electron chi connectivity index (χ3n) is 5.35. The molecule has 0 saturated carbocycles. The number of rotatable bonds is 4. The van der Waals surface area contributed by atoms with Gasteiger partial charge in [0, 0.05) is 37.0 Å². The Kier molecular flexibility index (Phi) is 5.07. The van der Waals surface area contributed by atoms with E-state index in [9.17, 15) is 4.39 Å². The van der Waals surface area contributed by atoms with Gasteiger partial charge in [-0.25, -0.2) is 4.39 Å². The predicted octanol–water partition coefficient (Wildman–Crippen LogP) is 4.64. The van der Waals surface area contributed by atoms with Crippen LogP contribution in [0.25, 0.3) is 11.3 Å². The zero-order chi connectivity index (χ0) is 18.8. The van der Waals surface area contributed by atoms with Crippen molar-refractivity contribution in [3.05, 3.63) is 59.4 Å². The van der Waals surface area contributed by atoms with Gasteiger partial charge in [0.1, 0.15) is 11.5 Å². The molecule has 1 fully saturated rings. The van der Waals surface area contributed by atoms with Gasteiger partial charge in [-0.05, 0) is 50.6 Å². The van der Waals surface area contributed by atoms with Crippen molar-refractivity contribution >= 4 is 0 Å². The summed E-state index contributed by atoms with van der Waals surface area (Å²) in [5.41, 5.74) is 3.95. The van der Waals surface area contributed by atoms with Crippen LogP contribution in [0.4, 0.5) is 4.39 Å². The van der Waals surface area contributed by atoms with Crippen molar-refractivity contribution in [2.75, 3.05) is 6.54 Å². The molecule has 0 bridgehead atoms. The summed E-state index contributed by atoms with van der Waals surface area (Å²) in [5, 5.41) is 8.72. The van der Waals surface area contributed by atoms with Crippen molar-refractivity contribution in [1.29, 1.82) is 0 Å². The second-order valence-corrected chi connectivity index (χ2v) is 7.37. The van der Waals surface area contributed by atoms with E-state index in [4.69, 9.17) is 4.52 Å². The van der Waals surface area contributed by atoms with E-state index >= 15 is 0 Å². The third kappa shape index (κ3) is 3.95. The van der Waals surface area contributed by atoms with E-state index in [1.54, 1.807) is 12.1 Å². The fraction of sp³-hybridized carbons (Fsp3) is 0.429. The number of halogens is 1. The number of likely N-dealkylation sites (tertiary alicyclic amines) is 1. The molecule has 2 aromatic heterocycles. The first-order valence-corrected chi connectivity index (χ1v) is 9.56. The highest BCUT2D eigenvalue weighted by Crippen LogP contribution is 2.33. The van der Waals surface area contributed by atoms with Crippen molar-refractivity contribution in [2.24, 2.45) is 7.05 Å². The molecule has 6 heteroatoms. The van der Waals surface area contributed by atoms with Gasteiger partial charge in [-0.1, -0.05) is 18.0 Å². The molecule has 4 rings (SSSR count). The Labute approximate surface area is 158 Å². The van der Waals surface area contributed by atoms with Crippen molar-refractivity contribution in [3.63, 3.8) is 0 Å². The number of hydrogen-bond acceptors (Lipinski definition) is 4. The van der Waals surface area contributed by atoms with Crippen molar-refractivity contribution < 1.29 is 8.91 Å². The molecule has 0 radical (unpaired) electrons. The maximum absolute atomic E-state index is 13.2. The van der Waals surface area contributed by atoms with E-state index in [1.807, 2.05) is 17.8 Å². The van der Waals surface area contributed by atoms with E-state index in [-0.39, 0.29) is 11.9 Å². The molecular formula is C21H25FN4O. The zero-order valence-corrected chi connectivity index (χ0v) is 15.9. The van der Waals surface area contributed by atoms with Gasteiger partial charge < -0.3 is 4.52 Å². The first-order chi connectivity index (χ1) is 13.1. The monoisotopic (exact) mass is 368 g/mol. The van der Waals surface area contributed by atoms with Crippen molar-refractivity contribution in [3.8, 4) is 11.3 Å². The summed E-state index contributed by atoms with van der Waals surface area (Å²) in [6, 6.07) is 8.59. The first-order valence-electron chi connectivity index (χ1n) is 9.56. The van der Waals surface area contributed by atoms with Crippen LogP contribution in [0, 0.1) is 12.7 Å². The fourth-order valence-electron chi connectivity index (χ4n) is 3.90. The first kappa shape index (κ1) is 17.9. The standard InChI is InChI=1S/C21H25FN4O/c1-15-17(13-25(2)23-15)14-26-11-5-3-4-6-20(26)21-12-19(24-27-21)16-7-9-18(22)10-8-16/h7-10,12-13,20H,3-6,11,14H2,1-2H3/t20-/m1/s1. The normalized spacial score (nSPS) is 18.6. The van der Waals surface area contributed by atoms with Gasteiger partial charge >= 0.3 is 0 Å². The summed E-state index contributed by atoms with van der Waals surface area (Å²) < 4.78 is 20.8. The lowest BCUT2D eigenvalue weighted by Crippen LogP contribution is -2.28. The summed E-state index contributed by atoms with van der Waals surface area (Å²) in [6.45, 7) is 3.95. The Hall–Kier alpha value is -2.47. The Morgan fingerprint density at radius 2 is 2.00 bits per heavy atom. The minimum atomic E-state index is -0.246. The van der Waals surface area contributed by atoms with Gasteiger partial charge in [-0.2, -0.15) is 5.10 Å². The van der Waals surface area contributed by atoms with Gasteiger partial charge in [0.15, 0.2) is 5.76 Å². The molecule has 3 aromatic rings. The lowest BCUT2D eigenvalue weighted by atomic mass is 10.0. The molecule has 0 N–H and O–H groups in total. The summed E-state index contributed by atoms with van der Waals surface area (Å²) >= 11 is 0. The Morgan fingerprint density at radius 3 is 2.74 bits per heavy atom. The highest BCUT2D eigenvalue weighted by molar-refractivity contribution is 5.58. The van der Waals surface area contributed by atoms with Crippen LogP contribution >= 0.6 is 0 Å². The van der Waals surface area contributed by atoms with E-state index < -0.39 is 0 Å². The minimum absolute atomic E-state index is 0.203. The summed E-state index contributed by atoms with van der Waals surface area (Å²) in [6.07, 6.45) is 6.76. The maximum atomic E-state index is 13.2. The second-order valence-electron chi connectivity index (χ2n) is 7.37. The van der Waals surface area contributed by atoms with Crippen LogP contribution in [0.3, 0.4) is 0 Å². The van der Waals surface area contributed by atoms with Gasteiger partial charge in [0.2, 0.25) is 0 Å². The Bertz CT molecular complexity index is 899. The topological polar surface area (TPSA) is 47.1 Å². The van der Waals surface area contributed by atoms with E-state index in [0.717, 1.165) is 42.2 Å². The number of benzene rings is 1. The van der Waals surface area contributed by atoms with E-state index in [2.05, 4.69) is 28.3 Å². The van der Waals surface area contributed by atoms with Crippen LogP contribution in [0.5, 0.6) is 0 Å². The van der Waals surface area contributed by atoms with Gasteiger partial charge in [0.05, 0.1) is 11.7 Å². The van der Waals surface area contributed by atoms with Crippen LogP contribution in [0.15, 0.2) is 41.1 Å². The number of hydrogen-bond donors (Lipinski definition) is 0. The van der Waals surface area contributed by atoms with Crippen molar-refractivity contribution in [2.45, 2.75) is 45.2 Å². The molecule has 5 nitrogen and oxygen atoms in total. The van der Waals surface area contributed by atoms with Crippen molar-refractivity contribution in [1.82, 2.24) is 19.8 Å². The quantitative estimate of drug-likeness (QED) is 0.673. The lowest BCUT2D eigenvalue weighted by molar-refractivity contribution is 0.160. The Balaban J connectivity index is 1.59. The Morgan fingerprint density at radius 1 is 1.19 bits per heavy atom. The van der Waals surface area contributed by atoms with Crippen LogP contribution < -0.4 is 0 Å². The van der Waals surface area contributed by atoms with Crippen LogP contribution in [0.2, 0.25) is 0 Å². The van der Waals surface area contributed by atoms with Crippen LogP contribution in [-0.4, -0.2) is 26.4 Å². The molecular weight excluding hydrogens is 343 g/mol. The van der Waals surface area contributed by atoms with Crippen LogP contribution in [0.1, 0.15) is 48.7 Å². The summed E-state index contributed by atoms with van der Waals surface area (Å²) in [7, 11) is 1.96. The molecule has 0 spiro atoms. The zero-order valence-electron chi connectivity index (χ0n) is 15.9. The molecule has 1 aromatic carbocycles. The molecule has 1 aliphatic heterocycles. The molecule has 1 atom stereocenters. The number of nitrogens with zero attached hydrogens (tertiary/aromatic N) is 4. The lowest BCUT2D eigenvalue weighted by Gasteiger charge is -2.27. The van der Waals surface area contributed by atoms with Gasteiger partial charge in [-0.3, -0.25) is 9.58 Å². The smallest absolute Gasteiger partial charge is 0.154 e. The number of aromatic nitrogens is 3. The minimum Gasteiger partial charge on any atom is -0.359 e. The fourth-order valence-corrected chi connectivity index (χ4v) is 3.90. The average Bonchev–Trinajstić information content (AvgIpc) is 3.17. The molecule has 0 amide bonds. The molecule has 1 aliphatic rings. The van der Waals surface area contributed by atoms with Gasteiger partial charge in [-0.15, -0.1) is 0 Å². The molecule has 3 heterocycles. The molecule has 0 unspecified atom stereocenters. The molecule has 27 heavy (non-hydrogen) atoms. The highest BCUT2D eigenvalue weighted by atomic mass is 19.1. The van der Waals surface area contributed by atoms with E-state index in [0.29, 0.717) is 0 Å². The summed E-state index contributed by atoms with van der Waals surface area (Å²) in [5.74, 6) is 0.641. The molecule has 142 valence electrons. The number of aryl methyl sites for hydroxylation is 2. The third-order valence-corrected chi connectivity index (χ3v) is 5.35. The molecule has 0 aliphatic carbocycles. The SMILES string of the molecule is Cc1nn(C)cc1CN1CCCCC[C@@H]1c1cc(-c2ccc(F)cc2)no1. The highest BCUT2D eigenvalue weighted by Gasteiger charge is 2.27. The molecule has 1 saturated heterocycles. The largest absolute Gasteiger partial charge is 0.359 e.